The summed E-state index contributed by atoms with van der Waals surface area (Å²) in [4.78, 5) is 16.8. The molecule has 6 nitrogen and oxygen atoms in total. The van der Waals surface area contributed by atoms with Crippen LogP contribution in [0.5, 0.6) is 0 Å². The Kier molecular flexibility index (Phi) is 5.37. The zero-order valence-corrected chi connectivity index (χ0v) is 17.2. The normalized spacial score (nSPS) is 14.6. The number of amides is 1. The molecular formula is C25H24N4O2. The molecule has 1 aliphatic rings. The Hall–Kier alpha value is -3.64. The third-order valence-electron chi connectivity index (χ3n) is 5.64. The number of benzene rings is 2. The molecule has 1 saturated heterocycles. The van der Waals surface area contributed by atoms with Crippen LogP contribution in [0.1, 0.15) is 16.1 Å². The number of aromatic nitrogens is 2. The quantitative estimate of drug-likeness (QED) is 0.495. The van der Waals surface area contributed by atoms with Gasteiger partial charge in [-0.2, -0.15) is 5.10 Å². The van der Waals surface area contributed by atoms with Gasteiger partial charge in [-0.25, -0.2) is 4.68 Å². The van der Waals surface area contributed by atoms with E-state index in [1.165, 1.54) is 5.56 Å². The smallest absolute Gasteiger partial charge is 0.289 e. The standard InChI is InChI=1S/C25H24N4O2/c30-25(23-12-7-17-31-23)28-15-13-27(14-16-28)18-21-19-29(22-10-5-2-6-11-22)26-24(21)20-8-3-1-4-9-20/h1-12,17,19H,13-16,18H2. The van der Waals surface area contributed by atoms with Gasteiger partial charge in [0, 0.05) is 50.0 Å². The van der Waals surface area contributed by atoms with Crippen molar-refractivity contribution in [2.24, 2.45) is 0 Å². The summed E-state index contributed by atoms with van der Waals surface area (Å²) >= 11 is 0. The van der Waals surface area contributed by atoms with Crippen molar-refractivity contribution >= 4 is 5.91 Å². The molecule has 0 unspecified atom stereocenters. The van der Waals surface area contributed by atoms with Crippen molar-refractivity contribution in [2.75, 3.05) is 26.2 Å². The molecule has 1 fully saturated rings. The van der Waals surface area contributed by atoms with Gasteiger partial charge in [-0.1, -0.05) is 48.5 Å². The van der Waals surface area contributed by atoms with Crippen molar-refractivity contribution in [1.29, 1.82) is 0 Å². The van der Waals surface area contributed by atoms with E-state index in [-0.39, 0.29) is 5.91 Å². The highest BCUT2D eigenvalue weighted by atomic mass is 16.3. The monoisotopic (exact) mass is 412 g/mol. The molecule has 0 spiro atoms. The van der Waals surface area contributed by atoms with E-state index < -0.39 is 0 Å². The molecule has 2 aromatic heterocycles. The lowest BCUT2D eigenvalue weighted by atomic mass is 10.1. The largest absolute Gasteiger partial charge is 0.459 e. The van der Waals surface area contributed by atoms with Gasteiger partial charge in [0.05, 0.1) is 17.6 Å². The number of piperazine rings is 1. The highest BCUT2D eigenvalue weighted by molar-refractivity contribution is 5.91. The van der Waals surface area contributed by atoms with Gasteiger partial charge in [0.15, 0.2) is 5.76 Å². The first-order chi connectivity index (χ1) is 15.3. The van der Waals surface area contributed by atoms with E-state index in [4.69, 9.17) is 9.52 Å². The molecule has 5 rings (SSSR count). The molecule has 156 valence electrons. The summed E-state index contributed by atoms with van der Waals surface area (Å²) in [6.07, 6.45) is 3.66. The zero-order valence-electron chi connectivity index (χ0n) is 17.2. The second kappa shape index (κ2) is 8.62. The lowest BCUT2D eigenvalue weighted by Crippen LogP contribution is -2.48. The molecule has 0 atom stereocenters. The van der Waals surface area contributed by atoms with E-state index >= 15 is 0 Å². The molecule has 1 amide bonds. The van der Waals surface area contributed by atoms with Crippen molar-refractivity contribution in [3.05, 3.63) is 96.6 Å². The molecule has 0 aliphatic carbocycles. The third kappa shape index (κ3) is 4.15. The average Bonchev–Trinajstić information content (AvgIpc) is 3.51. The zero-order chi connectivity index (χ0) is 21.0. The predicted octanol–water partition coefficient (Wildman–Crippen LogP) is 4.09. The summed E-state index contributed by atoms with van der Waals surface area (Å²) in [5, 5.41) is 4.91. The number of rotatable bonds is 5. The first-order valence-corrected chi connectivity index (χ1v) is 10.5. The maximum Gasteiger partial charge on any atom is 0.289 e. The Labute approximate surface area is 181 Å². The van der Waals surface area contributed by atoms with Crippen LogP contribution in [0, 0.1) is 0 Å². The minimum absolute atomic E-state index is 0.0356. The first kappa shape index (κ1) is 19.3. The first-order valence-electron chi connectivity index (χ1n) is 10.5. The second-order valence-corrected chi connectivity index (χ2v) is 7.69. The molecule has 1 aliphatic heterocycles. The lowest BCUT2D eigenvalue weighted by molar-refractivity contribution is 0.0598. The summed E-state index contributed by atoms with van der Waals surface area (Å²) < 4.78 is 7.22. The van der Waals surface area contributed by atoms with Crippen LogP contribution < -0.4 is 0 Å². The fourth-order valence-electron chi connectivity index (χ4n) is 3.98. The lowest BCUT2D eigenvalue weighted by Gasteiger charge is -2.34. The van der Waals surface area contributed by atoms with Crippen LogP contribution in [0.4, 0.5) is 0 Å². The molecule has 4 aromatic rings. The molecular weight excluding hydrogens is 388 g/mol. The predicted molar refractivity (Wildman–Crippen MR) is 119 cm³/mol. The van der Waals surface area contributed by atoms with Gasteiger partial charge in [-0.3, -0.25) is 9.69 Å². The van der Waals surface area contributed by atoms with Crippen LogP contribution in [0.3, 0.4) is 0 Å². The van der Waals surface area contributed by atoms with E-state index in [1.54, 1.807) is 18.4 Å². The molecule has 3 heterocycles. The van der Waals surface area contributed by atoms with Gasteiger partial charge in [-0.15, -0.1) is 0 Å². The molecule has 0 bridgehead atoms. The van der Waals surface area contributed by atoms with Crippen molar-refractivity contribution < 1.29 is 9.21 Å². The number of furan rings is 1. The summed E-state index contributed by atoms with van der Waals surface area (Å²) in [5.41, 5.74) is 4.33. The average molecular weight is 412 g/mol. The Morgan fingerprint density at radius 2 is 1.58 bits per heavy atom. The van der Waals surface area contributed by atoms with Crippen molar-refractivity contribution in [3.8, 4) is 16.9 Å². The van der Waals surface area contributed by atoms with E-state index in [2.05, 4.69) is 35.4 Å². The third-order valence-corrected chi connectivity index (χ3v) is 5.64. The number of carbonyl (C=O) groups excluding carboxylic acids is 1. The fraction of sp³-hybridized carbons (Fsp3) is 0.200. The topological polar surface area (TPSA) is 54.5 Å². The maximum atomic E-state index is 12.5. The van der Waals surface area contributed by atoms with Crippen molar-refractivity contribution in [3.63, 3.8) is 0 Å². The minimum atomic E-state index is -0.0356. The molecule has 0 radical (unpaired) electrons. The van der Waals surface area contributed by atoms with Crippen LogP contribution in [-0.2, 0) is 6.54 Å². The van der Waals surface area contributed by atoms with E-state index in [9.17, 15) is 4.79 Å². The van der Waals surface area contributed by atoms with Crippen molar-refractivity contribution in [1.82, 2.24) is 19.6 Å². The Bertz CT molecular complexity index is 1130. The summed E-state index contributed by atoms with van der Waals surface area (Å²) in [6, 6.07) is 23.9. The molecule has 6 heteroatoms. The van der Waals surface area contributed by atoms with Gasteiger partial charge in [-0.05, 0) is 24.3 Å². The Morgan fingerprint density at radius 1 is 0.871 bits per heavy atom. The fourth-order valence-corrected chi connectivity index (χ4v) is 3.98. The van der Waals surface area contributed by atoms with Crippen LogP contribution in [0.25, 0.3) is 16.9 Å². The Morgan fingerprint density at radius 3 is 2.26 bits per heavy atom. The van der Waals surface area contributed by atoms with Gasteiger partial charge >= 0.3 is 0 Å². The van der Waals surface area contributed by atoms with Crippen LogP contribution in [0.2, 0.25) is 0 Å². The summed E-state index contributed by atoms with van der Waals surface area (Å²) in [5.74, 6) is 0.371. The van der Waals surface area contributed by atoms with Crippen LogP contribution in [0.15, 0.2) is 89.7 Å². The molecule has 0 N–H and O–H groups in total. The van der Waals surface area contributed by atoms with Gasteiger partial charge in [0.2, 0.25) is 0 Å². The summed E-state index contributed by atoms with van der Waals surface area (Å²) in [6.45, 7) is 3.80. The van der Waals surface area contributed by atoms with Crippen molar-refractivity contribution in [2.45, 2.75) is 6.54 Å². The van der Waals surface area contributed by atoms with Gasteiger partial charge < -0.3 is 9.32 Å². The molecule has 0 saturated carbocycles. The minimum Gasteiger partial charge on any atom is -0.459 e. The number of nitrogens with zero attached hydrogens (tertiary/aromatic N) is 4. The highest BCUT2D eigenvalue weighted by Gasteiger charge is 2.25. The Balaban J connectivity index is 1.34. The van der Waals surface area contributed by atoms with E-state index in [0.717, 1.165) is 36.6 Å². The number of hydrogen-bond acceptors (Lipinski definition) is 4. The maximum absolute atomic E-state index is 12.5. The van der Waals surface area contributed by atoms with Gasteiger partial charge in [0.1, 0.15) is 0 Å². The summed E-state index contributed by atoms with van der Waals surface area (Å²) in [7, 11) is 0. The molecule has 31 heavy (non-hydrogen) atoms. The van der Waals surface area contributed by atoms with E-state index in [0.29, 0.717) is 18.8 Å². The molecule has 2 aromatic carbocycles. The number of para-hydroxylation sites is 1. The second-order valence-electron chi connectivity index (χ2n) is 7.69. The SMILES string of the molecule is O=C(c1ccco1)N1CCN(Cc2cn(-c3ccccc3)nc2-c2ccccc2)CC1. The van der Waals surface area contributed by atoms with E-state index in [1.807, 2.05) is 46.0 Å². The van der Waals surface area contributed by atoms with Gasteiger partial charge in [0.25, 0.3) is 5.91 Å². The number of carbonyl (C=O) groups is 1. The van der Waals surface area contributed by atoms with Crippen LogP contribution in [-0.4, -0.2) is 51.7 Å². The highest BCUT2D eigenvalue weighted by Crippen LogP contribution is 2.25. The number of hydrogen-bond donors (Lipinski definition) is 0. The van der Waals surface area contributed by atoms with Crippen LogP contribution >= 0.6 is 0 Å².